The van der Waals surface area contributed by atoms with E-state index in [0.29, 0.717) is 24.8 Å². The van der Waals surface area contributed by atoms with E-state index in [4.69, 9.17) is 11.6 Å². The zero-order valence-corrected chi connectivity index (χ0v) is 13.5. The van der Waals surface area contributed by atoms with Crippen LogP contribution in [0.4, 0.5) is 0 Å². The van der Waals surface area contributed by atoms with Gasteiger partial charge in [0.25, 0.3) is 0 Å². The molecule has 1 aromatic carbocycles. The molecule has 21 heavy (non-hydrogen) atoms. The number of benzene rings is 1. The van der Waals surface area contributed by atoms with Crippen LogP contribution >= 0.6 is 22.9 Å². The minimum atomic E-state index is 0.256. The molecular formula is C16H17ClN2OS. The van der Waals surface area contributed by atoms with Crippen molar-refractivity contribution < 1.29 is 4.79 Å². The predicted molar refractivity (Wildman–Crippen MR) is 86.3 cm³/mol. The third-order valence-electron chi connectivity index (χ3n) is 3.64. The third kappa shape index (κ3) is 3.27. The first kappa shape index (κ1) is 14.5. The first-order valence-corrected chi connectivity index (χ1v) is 8.44. The zero-order valence-electron chi connectivity index (χ0n) is 11.9. The fourth-order valence-electron chi connectivity index (χ4n) is 2.65. The zero-order chi connectivity index (χ0) is 14.8. The summed E-state index contributed by atoms with van der Waals surface area (Å²) >= 11 is 7.41. The largest absolute Gasteiger partial charge is 0.338 e. The second-order valence-corrected chi connectivity index (χ2v) is 6.69. The minimum Gasteiger partial charge on any atom is -0.338 e. The normalized spacial score (nSPS) is 18.5. The van der Waals surface area contributed by atoms with Crippen molar-refractivity contribution in [2.45, 2.75) is 25.8 Å². The fraction of sp³-hybridized carbons (Fsp3) is 0.375. The molecule has 1 atom stereocenters. The van der Waals surface area contributed by atoms with Crippen LogP contribution < -0.4 is 0 Å². The Morgan fingerprint density at radius 3 is 3.00 bits per heavy atom. The molecular weight excluding hydrogens is 304 g/mol. The molecule has 1 unspecified atom stereocenters. The number of halogens is 1. The summed E-state index contributed by atoms with van der Waals surface area (Å²) in [6.07, 6.45) is 0.672. The number of carbonyl (C=O) groups is 1. The highest BCUT2D eigenvalue weighted by atomic mass is 35.5. The van der Waals surface area contributed by atoms with Gasteiger partial charge in [0.15, 0.2) is 0 Å². The molecule has 3 rings (SSSR count). The van der Waals surface area contributed by atoms with Gasteiger partial charge < -0.3 is 4.90 Å². The molecule has 2 aromatic rings. The molecule has 2 heterocycles. The fourth-order valence-corrected chi connectivity index (χ4v) is 3.69. The van der Waals surface area contributed by atoms with Gasteiger partial charge in [-0.25, -0.2) is 4.98 Å². The number of amides is 1. The Morgan fingerprint density at radius 1 is 1.48 bits per heavy atom. The molecule has 1 aliphatic heterocycles. The molecule has 1 fully saturated rings. The second-order valence-electron chi connectivity index (χ2n) is 5.56. The van der Waals surface area contributed by atoms with E-state index < -0.39 is 0 Å². The van der Waals surface area contributed by atoms with Crippen LogP contribution in [0, 0.1) is 5.92 Å². The van der Waals surface area contributed by atoms with Gasteiger partial charge >= 0.3 is 0 Å². The highest BCUT2D eigenvalue weighted by Gasteiger charge is 2.26. The van der Waals surface area contributed by atoms with E-state index in [2.05, 4.69) is 30.1 Å². The summed E-state index contributed by atoms with van der Waals surface area (Å²) in [6, 6.07) is 8.26. The van der Waals surface area contributed by atoms with Crippen LogP contribution in [-0.2, 0) is 17.2 Å². The Labute approximate surface area is 133 Å². The van der Waals surface area contributed by atoms with Gasteiger partial charge in [0.1, 0.15) is 5.01 Å². The van der Waals surface area contributed by atoms with Crippen LogP contribution in [0.2, 0.25) is 0 Å². The van der Waals surface area contributed by atoms with E-state index in [1.54, 1.807) is 11.3 Å². The maximum absolute atomic E-state index is 11.9. The van der Waals surface area contributed by atoms with Crippen LogP contribution in [0.3, 0.4) is 0 Å². The number of carbonyl (C=O) groups excluding carboxylic acids is 1. The van der Waals surface area contributed by atoms with Crippen LogP contribution in [0.5, 0.6) is 0 Å². The van der Waals surface area contributed by atoms with Crippen LogP contribution in [0.15, 0.2) is 29.6 Å². The molecule has 1 saturated heterocycles. The molecule has 0 radical (unpaired) electrons. The lowest BCUT2D eigenvalue weighted by Crippen LogP contribution is -2.24. The standard InChI is InChI=1S/C16H17ClN2OS/c1-11-5-15(20)19(8-11)9-12-3-2-4-13(6-12)16-18-14(7-17)10-21-16/h2-4,6,10-11H,5,7-9H2,1H3. The minimum absolute atomic E-state index is 0.256. The second kappa shape index (κ2) is 6.16. The number of hydrogen-bond acceptors (Lipinski definition) is 3. The summed E-state index contributed by atoms with van der Waals surface area (Å²) in [5.41, 5.74) is 3.15. The van der Waals surface area contributed by atoms with Crippen molar-refractivity contribution in [2.24, 2.45) is 5.92 Å². The van der Waals surface area contributed by atoms with E-state index in [1.807, 2.05) is 16.3 Å². The van der Waals surface area contributed by atoms with E-state index in [-0.39, 0.29) is 5.91 Å². The number of aromatic nitrogens is 1. The number of hydrogen-bond donors (Lipinski definition) is 0. The van der Waals surface area contributed by atoms with E-state index >= 15 is 0 Å². The number of likely N-dealkylation sites (tertiary alicyclic amines) is 1. The van der Waals surface area contributed by atoms with Crippen LogP contribution in [0.25, 0.3) is 10.6 Å². The Bertz CT molecular complexity index is 655. The van der Waals surface area contributed by atoms with Crippen molar-refractivity contribution in [3.05, 3.63) is 40.9 Å². The highest BCUT2D eigenvalue weighted by molar-refractivity contribution is 7.13. The molecule has 0 bridgehead atoms. The third-order valence-corrected chi connectivity index (χ3v) is 4.86. The SMILES string of the molecule is CC1CC(=O)N(Cc2cccc(-c3nc(CCl)cs3)c2)C1. The highest BCUT2D eigenvalue weighted by Crippen LogP contribution is 2.26. The molecule has 0 aliphatic carbocycles. The lowest BCUT2D eigenvalue weighted by atomic mass is 10.1. The van der Waals surface area contributed by atoms with Gasteiger partial charge in [0.2, 0.25) is 5.91 Å². The van der Waals surface area contributed by atoms with Crippen molar-refractivity contribution in [3.8, 4) is 10.6 Å². The number of rotatable bonds is 4. The predicted octanol–water partition coefficient (Wildman–Crippen LogP) is 3.92. The number of nitrogens with zero attached hydrogens (tertiary/aromatic N) is 2. The van der Waals surface area contributed by atoms with Gasteiger partial charge in [-0.1, -0.05) is 25.1 Å². The molecule has 1 amide bonds. The van der Waals surface area contributed by atoms with Gasteiger partial charge in [0.05, 0.1) is 11.6 Å². The average molecular weight is 321 g/mol. The summed E-state index contributed by atoms with van der Waals surface area (Å²) in [5.74, 6) is 1.16. The molecule has 1 aromatic heterocycles. The van der Waals surface area contributed by atoms with Crippen LogP contribution in [0.1, 0.15) is 24.6 Å². The lowest BCUT2D eigenvalue weighted by molar-refractivity contribution is -0.128. The quantitative estimate of drug-likeness (QED) is 0.800. The summed E-state index contributed by atoms with van der Waals surface area (Å²) in [4.78, 5) is 18.3. The summed E-state index contributed by atoms with van der Waals surface area (Å²) in [6.45, 7) is 3.67. The Balaban J connectivity index is 1.78. The van der Waals surface area contributed by atoms with Crippen LogP contribution in [-0.4, -0.2) is 22.3 Å². The molecule has 0 saturated carbocycles. The first-order valence-electron chi connectivity index (χ1n) is 7.03. The number of thiazole rings is 1. The van der Waals surface area contributed by atoms with Crippen molar-refractivity contribution in [2.75, 3.05) is 6.54 Å². The Morgan fingerprint density at radius 2 is 2.33 bits per heavy atom. The van der Waals surface area contributed by atoms with Crippen molar-refractivity contribution in [1.29, 1.82) is 0 Å². The molecule has 0 N–H and O–H groups in total. The molecule has 3 nitrogen and oxygen atoms in total. The summed E-state index contributed by atoms with van der Waals surface area (Å²) < 4.78 is 0. The van der Waals surface area contributed by atoms with Crippen molar-refractivity contribution in [1.82, 2.24) is 9.88 Å². The smallest absolute Gasteiger partial charge is 0.223 e. The maximum Gasteiger partial charge on any atom is 0.223 e. The van der Waals surface area contributed by atoms with Gasteiger partial charge in [-0.15, -0.1) is 22.9 Å². The molecule has 110 valence electrons. The topological polar surface area (TPSA) is 33.2 Å². The van der Waals surface area contributed by atoms with Crippen molar-refractivity contribution in [3.63, 3.8) is 0 Å². The maximum atomic E-state index is 11.9. The molecule has 5 heteroatoms. The average Bonchev–Trinajstić information content (AvgIpc) is 3.06. The van der Waals surface area contributed by atoms with E-state index in [9.17, 15) is 4.79 Å². The van der Waals surface area contributed by atoms with Gasteiger partial charge in [-0.05, 0) is 17.5 Å². The van der Waals surface area contributed by atoms with Gasteiger partial charge in [-0.2, -0.15) is 0 Å². The Hall–Kier alpha value is -1.39. The number of alkyl halides is 1. The molecule has 0 spiro atoms. The van der Waals surface area contributed by atoms with Crippen molar-refractivity contribution >= 4 is 28.8 Å². The van der Waals surface area contributed by atoms with E-state index in [0.717, 1.165) is 28.4 Å². The summed E-state index contributed by atoms with van der Waals surface area (Å²) in [7, 11) is 0. The van der Waals surface area contributed by atoms with Gasteiger partial charge in [0, 0.05) is 30.5 Å². The lowest BCUT2D eigenvalue weighted by Gasteiger charge is -2.16. The van der Waals surface area contributed by atoms with Gasteiger partial charge in [-0.3, -0.25) is 4.79 Å². The first-order chi connectivity index (χ1) is 10.2. The monoisotopic (exact) mass is 320 g/mol. The summed E-state index contributed by atoms with van der Waals surface area (Å²) in [5, 5.41) is 2.97. The molecule has 1 aliphatic rings. The van der Waals surface area contributed by atoms with E-state index in [1.165, 1.54) is 0 Å². The Kier molecular flexibility index (Phi) is 4.27.